The number of hydrazone groups is 1. The number of aliphatic imine (C=N–C) groups is 1. The summed E-state index contributed by atoms with van der Waals surface area (Å²) in [6.07, 6.45) is 10.9. The monoisotopic (exact) mass is 767 g/mol. The number of aryl methyl sites for hydroxylation is 1. The zero-order valence-electron chi connectivity index (χ0n) is 36.3. The lowest BCUT2D eigenvalue weighted by molar-refractivity contribution is 0.0781. The van der Waals surface area contributed by atoms with Gasteiger partial charge in [0.2, 0.25) is 0 Å². The number of methoxy groups -OCH3 is 1. The van der Waals surface area contributed by atoms with Crippen molar-refractivity contribution in [3.05, 3.63) is 89.2 Å². The molecule has 310 valence electrons. The van der Waals surface area contributed by atoms with Gasteiger partial charge in [-0.25, -0.2) is 10.2 Å². The number of rotatable bonds is 16. The van der Waals surface area contributed by atoms with Gasteiger partial charge >= 0.3 is 0 Å². The van der Waals surface area contributed by atoms with E-state index in [1.54, 1.807) is 42.3 Å². The predicted octanol–water partition coefficient (Wildman–Crippen LogP) is 11.6. The van der Waals surface area contributed by atoms with E-state index in [9.17, 15) is 9.18 Å². The summed E-state index contributed by atoms with van der Waals surface area (Å²) in [4.78, 5) is 19.2. The molecule has 0 spiro atoms. The highest BCUT2D eigenvalue weighted by atomic mass is 19.1. The third-order valence-electron chi connectivity index (χ3n) is 7.94. The van der Waals surface area contributed by atoms with Crippen molar-refractivity contribution in [3.63, 3.8) is 0 Å². The smallest absolute Gasteiger partial charge is 0.257 e. The van der Waals surface area contributed by atoms with Crippen LogP contribution < -0.4 is 21.4 Å². The molecule has 0 fully saturated rings. The fourth-order valence-corrected chi connectivity index (χ4v) is 4.80. The van der Waals surface area contributed by atoms with Crippen molar-refractivity contribution in [3.8, 4) is 5.75 Å². The number of amides is 1. The number of anilines is 1. The number of halogens is 1. The highest BCUT2D eigenvalue weighted by molar-refractivity contribution is 5.98. The van der Waals surface area contributed by atoms with Crippen LogP contribution in [0.15, 0.2) is 76.8 Å². The fraction of sp³-hybridized carbons (Fsp3) is 0.533. The van der Waals surface area contributed by atoms with Crippen LogP contribution >= 0.6 is 0 Å². The molecule has 4 N–H and O–H groups in total. The first-order chi connectivity index (χ1) is 26.3. The van der Waals surface area contributed by atoms with Gasteiger partial charge in [-0.1, -0.05) is 110 Å². The molecule has 1 atom stereocenters. The Kier molecular flexibility index (Phi) is 32.9. The van der Waals surface area contributed by atoms with E-state index in [1.807, 2.05) is 39.0 Å². The van der Waals surface area contributed by atoms with Crippen LogP contribution in [-0.2, 0) is 4.74 Å². The molecule has 1 amide bonds. The molecular formula is C45H75FN6O3. The van der Waals surface area contributed by atoms with Gasteiger partial charge in [-0.2, -0.15) is 5.10 Å². The molecule has 0 aromatic heterocycles. The summed E-state index contributed by atoms with van der Waals surface area (Å²) in [6.45, 7) is 23.3. The Morgan fingerprint density at radius 1 is 0.873 bits per heavy atom. The van der Waals surface area contributed by atoms with Crippen molar-refractivity contribution in [1.82, 2.24) is 4.90 Å². The Balaban J connectivity index is 0. The zero-order chi connectivity index (χ0) is 42.0. The maximum atomic E-state index is 13.3. The number of likely N-dealkylation sites (N-methyl/N-ethyl adjacent to an activating group) is 1. The highest BCUT2D eigenvalue weighted by Gasteiger charge is 2.22. The Hall–Kier alpha value is -4.28. The minimum Gasteiger partial charge on any atom is -0.496 e. The van der Waals surface area contributed by atoms with Crippen LogP contribution in [0.3, 0.4) is 0 Å². The van der Waals surface area contributed by atoms with Crippen molar-refractivity contribution in [2.75, 3.05) is 38.9 Å². The quantitative estimate of drug-likeness (QED) is 0.0492. The minimum absolute atomic E-state index is 0.0964. The first-order valence-corrected chi connectivity index (χ1v) is 20.0. The summed E-state index contributed by atoms with van der Waals surface area (Å²) < 4.78 is 23.6. The van der Waals surface area contributed by atoms with Gasteiger partial charge in [0.25, 0.3) is 5.91 Å². The molecular weight excluding hydrogens is 692 g/mol. The number of para-hydroxylation sites is 1. The van der Waals surface area contributed by atoms with Crippen molar-refractivity contribution in [2.24, 2.45) is 21.8 Å². The Labute approximate surface area is 334 Å². The molecule has 0 aliphatic rings. The normalized spacial score (nSPS) is 10.5. The summed E-state index contributed by atoms with van der Waals surface area (Å²) in [6, 6.07) is 19.6. The second-order valence-electron chi connectivity index (χ2n) is 13.2. The van der Waals surface area contributed by atoms with E-state index in [2.05, 4.69) is 64.6 Å². The highest BCUT2D eigenvalue weighted by Crippen LogP contribution is 2.27. The van der Waals surface area contributed by atoms with Crippen molar-refractivity contribution < 1.29 is 18.7 Å². The second-order valence-corrected chi connectivity index (χ2v) is 13.2. The lowest BCUT2D eigenvalue weighted by atomic mass is 9.93. The van der Waals surface area contributed by atoms with Crippen LogP contribution in [-0.4, -0.2) is 56.8 Å². The summed E-state index contributed by atoms with van der Waals surface area (Å²) >= 11 is 0. The lowest BCUT2D eigenvalue weighted by Gasteiger charge is -2.25. The van der Waals surface area contributed by atoms with E-state index in [0.717, 1.165) is 49.4 Å². The largest absolute Gasteiger partial charge is 0.496 e. The van der Waals surface area contributed by atoms with Gasteiger partial charge in [0, 0.05) is 38.4 Å². The fourth-order valence-electron chi connectivity index (χ4n) is 4.80. The van der Waals surface area contributed by atoms with Crippen LogP contribution in [0, 0.1) is 12.7 Å². The lowest BCUT2D eigenvalue weighted by Crippen LogP contribution is -2.32. The molecule has 0 bridgehead atoms. The summed E-state index contributed by atoms with van der Waals surface area (Å²) in [5.74, 6) is 11.1. The van der Waals surface area contributed by atoms with Crippen molar-refractivity contribution in [1.29, 1.82) is 0 Å². The van der Waals surface area contributed by atoms with Gasteiger partial charge in [0.05, 0.1) is 24.0 Å². The third kappa shape index (κ3) is 24.7. The number of hydrogen-bond donors (Lipinski definition) is 2. The van der Waals surface area contributed by atoms with Crippen LogP contribution in [0.25, 0.3) is 0 Å². The molecule has 0 radical (unpaired) electrons. The molecule has 55 heavy (non-hydrogen) atoms. The average Bonchev–Trinajstić information content (AvgIpc) is 3.18. The summed E-state index contributed by atoms with van der Waals surface area (Å²) in [5.41, 5.74) is 5.32. The van der Waals surface area contributed by atoms with Crippen LogP contribution in [0.4, 0.5) is 15.8 Å². The van der Waals surface area contributed by atoms with E-state index in [1.165, 1.54) is 68.3 Å². The van der Waals surface area contributed by atoms with E-state index in [4.69, 9.17) is 21.2 Å². The van der Waals surface area contributed by atoms with Crippen molar-refractivity contribution in [2.45, 2.75) is 127 Å². The Morgan fingerprint density at radius 2 is 1.49 bits per heavy atom. The van der Waals surface area contributed by atoms with E-state index in [0.29, 0.717) is 23.5 Å². The standard InChI is InChI=1S/C21H28FN5O2.C10H13N.C5H12O.C5H12.C4H10/c1-4-5-16(15-6-8-17(22)9-7-15)13-26(2)21(28)19-12-18(27(24)14-25-23)10-11-20(19)29-3;1-8(2)11-10-7-5-4-6-9(10)3;1-3-5-6-4-2;1-3-5-4-2;1-3-4-2/h6-12,14,16H,4-5,13,23-24H2,1-3H3;4-7H,1-3H3;3-5H2,1-2H3;3-5H2,1-2H3;3-4H2,1-2H3/b25-14-;;;;. The minimum atomic E-state index is -0.276. The number of hydrogen-bond acceptors (Lipinski definition) is 7. The van der Waals surface area contributed by atoms with E-state index in [-0.39, 0.29) is 17.6 Å². The summed E-state index contributed by atoms with van der Waals surface area (Å²) in [5, 5.41) is 4.60. The van der Waals surface area contributed by atoms with E-state index >= 15 is 0 Å². The predicted molar refractivity (Wildman–Crippen MR) is 236 cm³/mol. The molecule has 10 heteroatoms. The average molecular weight is 767 g/mol. The molecule has 0 aliphatic carbocycles. The Morgan fingerprint density at radius 3 is 1.93 bits per heavy atom. The van der Waals surface area contributed by atoms with E-state index < -0.39 is 0 Å². The molecule has 1 unspecified atom stereocenters. The SMILES string of the molecule is CC(C)=Nc1ccccc1C.CCCC.CCCC(CN(C)C(=O)c1cc(N(N)/C=N\N)ccc1OC)c1ccc(F)cc1.CCCCC.CCCOCC. The van der Waals surface area contributed by atoms with Gasteiger partial charge in [-0.3, -0.25) is 14.8 Å². The molecule has 9 nitrogen and oxygen atoms in total. The first kappa shape index (κ1) is 52.8. The van der Waals surface area contributed by atoms with Crippen LogP contribution in [0.1, 0.15) is 141 Å². The number of carbonyl (C=O) groups is 1. The zero-order valence-corrected chi connectivity index (χ0v) is 36.3. The molecule has 3 rings (SSSR count). The maximum Gasteiger partial charge on any atom is 0.257 e. The number of hydrazine groups is 1. The Bertz CT molecular complexity index is 1440. The van der Waals surface area contributed by atoms with Gasteiger partial charge in [-0.05, 0) is 88.1 Å². The van der Waals surface area contributed by atoms with Gasteiger partial charge in [-0.15, -0.1) is 0 Å². The van der Waals surface area contributed by atoms with Gasteiger partial charge in [0.15, 0.2) is 0 Å². The molecule has 0 saturated carbocycles. The number of unbranched alkanes of at least 4 members (excludes halogenated alkanes) is 3. The number of nitrogens with zero attached hydrogens (tertiary/aromatic N) is 4. The number of ether oxygens (including phenoxy) is 2. The van der Waals surface area contributed by atoms with Crippen molar-refractivity contribution >= 4 is 29.3 Å². The summed E-state index contributed by atoms with van der Waals surface area (Å²) in [7, 11) is 3.24. The van der Waals surface area contributed by atoms with Gasteiger partial charge in [0.1, 0.15) is 17.9 Å². The van der Waals surface area contributed by atoms with Gasteiger partial charge < -0.3 is 20.2 Å². The second kappa shape index (κ2) is 34.2. The number of benzene rings is 3. The molecule has 3 aromatic rings. The molecule has 0 saturated heterocycles. The topological polar surface area (TPSA) is 119 Å². The van der Waals surface area contributed by atoms with Crippen LogP contribution in [0.5, 0.6) is 5.75 Å². The first-order valence-electron chi connectivity index (χ1n) is 20.0. The molecule has 3 aromatic carbocycles. The molecule has 0 heterocycles. The molecule has 0 aliphatic heterocycles. The third-order valence-corrected chi connectivity index (χ3v) is 7.94. The number of nitrogens with two attached hydrogens (primary N) is 2. The number of carbonyl (C=O) groups excluding carboxylic acids is 1. The van der Waals surface area contributed by atoms with Crippen LogP contribution in [0.2, 0.25) is 0 Å². The maximum absolute atomic E-state index is 13.3.